The Balaban J connectivity index is 0.846. The van der Waals surface area contributed by atoms with E-state index in [1.54, 1.807) is 12.1 Å². The van der Waals surface area contributed by atoms with Crippen LogP contribution in [-0.2, 0) is 16.0 Å². The van der Waals surface area contributed by atoms with E-state index in [1.165, 1.54) is 42.3 Å². The fourth-order valence-corrected chi connectivity index (χ4v) is 18.9. The first-order valence-electron chi connectivity index (χ1n) is 31.7. The summed E-state index contributed by atoms with van der Waals surface area (Å²) in [6.45, 7) is 6.54. The van der Waals surface area contributed by atoms with Gasteiger partial charge in [-0.25, -0.2) is 0 Å². The van der Waals surface area contributed by atoms with Gasteiger partial charge in [-0.3, -0.25) is 9.59 Å². The number of nitrogens with one attached hydrogen (secondary N) is 4. The molecule has 12 N–H and O–H groups in total. The second kappa shape index (κ2) is 22.8. The first kappa shape index (κ1) is 57.3. The maximum Gasteiger partial charge on any atom is 0.160 e. The van der Waals surface area contributed by atoms with Crippen molar-refractivity contribution in [3.05, 3.63) is 123 Å². The normalized spacial score (nSPS) is 33.9. The number of aliphatic hydroxyl groups is 5. The van der Waals surface area contributed by atoms with E-state index in [1.807, 2.05) is 18.2 Å². The van der Waals surface area contributed by atoms with Gasteiger partial charge in [-0.2, -0.15) is 0 Å². The van der Waals surface area contributed by atoms with Gasteiger partial charge in [-0.05, 0) is 200 Å². The molecule has 5 fully saturated rings. The van der Waals surface area contributed by atoms with Crippen LogP contribution in [0.25, 0.3) is 16.8 Å². The van der Waals surface area contributed by atoms with E-state index in [9.17, 15) is 35.4 Å². The molecule has 0 bridgehead atoms. The minimum absolute atomic E-state index is 0.0124. The van der Waals surface area contributed by atoms with Crippen LogP contribution in [0.4, 0.5) is 0 Å². The molecule has 14 heteroatoms. The fourth-order valence-electron chi connectivity index (χ4n) is 18.9. The number of H-pyrrole nitrogens is 1. The van der Waals surface area contributed by atoms with E-state index in [0.717, 1.165) is 59.8 Å². The Hall–Kier alpha value is -5.76. The number of Topliss-reactive ketones (excluding diaryl/α,β-unsaturated/α-hetero) is 2. The summed E-state index contributed by atoms with van der Waals surface area (Å²) in [6, 6.07) is 18.0. The van der Waals surface area contributed by atoms with Gasteiger partial charge in [-0.1, -0.05) is 86.2 Å². The molecule has 84 heavy (non-hydrogen) atoms. The Morgan fingerprint density at radius 1 is 0.940 bits per heavy atom. The van der Waals surface area contributed by atoms with E-state index in [4.69, 9.17) is 10.5 Å². The van der Waals surface area contributed by atoms with E-state index in [2.05, 4.69) is 95.3 Å². The number of aliphatic hydroxyl groups excluding tert-OH is 4. The molecule has 3 heterocycles. The quantitative estimate of drug-likeness (QED) is 0.0375. The maximum absolute atomic E-state index is 15.3. The minimum Gasteiger partial charge on any atom is -0.504 e. The van der Waals surface area contributed by atoms with Gasteiger partial charge in [0.05, 0.1) is 31.2 Å². The van der Waals surface area contributed by atoms with Gasteiger partial charge in [0.1, 0.15) is 11.2 Å². The number of phenolic OH excluding ortho intramolecular Hbond substituents is 1. The zero-order valence-electron chi connectivity index (χ0n) is 49.0. The maximum atomic E-state index is 15.3. The number of hydrogen-bond acceptors (Lipinski definition) is 13. The third-order valence-corrected chi connectivity index (χ3v) is 22.9. The van der Waals surface area contributed by atoms with Crippen LogP contribution in [0, 0.1) is 64.6 Å². The van der Waals surface area contributed by atoms with Crippen molar-refractivity contribution in [3.8, 4) is 23.3 Å². The Labute approximate surface area is 494 Å². The lowest BCUT2D eigenvalue weighted by Gasteiger charge is -2.65. The first-order chi connectivity index (χ1) is 40.6. The number of ether oxygens (including phenoxy) is 1. The number of fused-ring (bicyclic) bond motifs is 3. The standard InChI is InChI=1S/C70H87N5O9/c1-4-37-33-73-60(71)31-49(37)48(40-12-11-38-9-5-6-10-39(38)25-40)30-55(78)54(77)26-42-19-23-70(58(80)17-14-41-27-57(84-3)56(79)29-47(41)42)24-20-43(28-59(70)81)62-45(16-18-61(82)83)50-35-72-52-32-53(76)46-15-13-44-34-74-68-63(44)64(46)67(52)65(50)66(68)51(62)36-75-69(2)21-7-8-22-69/h5-6,9-13,15,25,27,29,31,34,42-43,45-46,48,50-52,54-55,59,61-62,64-67,72-75,77-79,81-83H,4,7-8,14,16-18,20-22,24,26,28,30,32-33,35-36,71H2,1-3H3/t42-,43+,45+,46+,48-,50-,51+,52-,54-,55+,59-,62-,64+,65+,66-,67+,70-/m1/s1. The third kappa shape index (κ3) is 10.0. The number of aromatic hydroxyl groups is 1. The number of nitrogens with two attached hydrogens (primary N) is 1. The molecule has 13 rings (SSSR count). The molecule has 4 saturated carbocycles. The van der Waals surface area contributed by atoms with Gasteiger partial charge in [0, 0.05) is 72.4 Å². The highest BCUT2D eigenvalue weighted by molar-refractivity contribution is 5.90. The van der Waals surface area contributed by atoms with Crippen molar-refractivity contribution in [2.45, 2.75) is 170 Å². The molecular formula is C70H87N5O9. The topological polar surface area (TPSA) is 243 Å². The van der Waals surface area contributed by atoms with Gasteiger partial charge >= 0.3 is 0 Å². The van der Waals surface area contributed by atoms with Crippen molar-refractivity contribution in [2.75, 3.05) is 26.7 Å². The lowest BCUT2D eigenvalue weighted by Crippen LogP contribution is -2.67. The Morgan fingerprint density at radius 3 is 2.52 bits per heavy atom. The van der Waals surface area contributed by atoms with Crippen LogP contribution in [0.1, 0.15) is 161 Å². The molecule has 1 aromatic heterocycles. The van der Waals surface area contributed by atoms with Crippen molar-refractivity contribution in [2.24, 2.45) is 58.5 Å². The number of ketones is 2. The highest BCUT2D eigenvalue weighted by Crippen LogP contribution is 2.68. The molecule has 9 aliphatic rings. The van der Waals surface area contributed by atoms with E-state index in [-0.39, 0.29) is 126 Å². The number of aromatic amines is 1. The van der Waals surface area contributed by atoms with Crippen LogP contribution in [0.2, 0.25) is 0 Å². The third-order valence-electron chi connectivity index (χ3n) is 22.9. The number of carbonyl (C=O) groups is 2. The zero-order valence-corrected chi connectivity index (χ0v) is 49.0. The largest absolute Gasteiger partial charge is 0.504 e. The van der Waals surface area contributed by atoms with Crippen molar-refractivity contribution in [3.63, 3.8) is 0 Å². The van der Waals surface area contributed by atoms with Crippen molar-refractivity contribution >= 4 is 28.4 Å². The molecule has 2 aliphatic heterocycles. The van der Waals surface area contributed by atoms with E-state index < -0.39 is 35.9 Å². The van der Waals surface area contributed by atoms with Gasteiger partial charge in [-0.15, -0.1) is 0 Å². The summed E-state index contributed by atoms with van der Waals surface area (Å²) >= 11 is 0. The van der Waals surface area contributed by atoms with Gasteiger partial charge in [0.15, 0.2) is 23.6 Å². The summed E-state index contributed by atoms with van der Waals surface area (Å²) in [6.07, 6.45) is 11.8. The van der Waals surface area contributed by atoms with Gasteiger partial charge < -0.3 is 62.0 Å². The molecule has 17 atom stereocenters. The fraction of sp³-hybridized carbons (Fsp3) is 0.571. The number of piperidine rings is 1. The molecule has 1 saturated heterocycles. The van der Waals surface area contributed by atoms with E-state index >= 15 is 4.79 Å². The number of aromatic nitrogens is 1. The summed E-state index contributed by atoms with van der Waals surface area (Å²) in [5, 5.41) is 84.2. The number of methoxy groups -OCH3 is 1. The summed E-state index contributed by atoms with van der Waals surface area (Å²) in [5.74, 6) is 7.67. The number of rotatable bonds is 16. The minimum atomic E-state index is -1.47. The number of phenols is 1. The highest BCUT2D eigenvalue weighted by Gasteiger charge is 2.65. The molecule has 0 radical (unpaired) electrons. The molecule has 0 amide bonds. The molecule has 3 aromatic carbocycles. The molecule has 1 spiro atoms. The number of dihydropyridines is 1. The van der Waals surface area contributed by atoms with Crippen molar-refractivity contribution < 1.29 is 45.0 Å². The van der Waals surface area contributed by atoms with Gasteiger partial charge in [0.25, 0.3) is 0 Å². The van der Waals surface area contributed by atoms with Crippen LogP contribution in [-0.4, -0.2) is 110 Å². The van der Waals surface area contributed by atoms with Crippen LogP contribution >= 0.6 is 0 Å². The van der Waals surface area contributed by atoms with Crippen LogP contribution in [0.5, 0.6) is 11.5 Å². The average Bonchev–Trinajstić information content (AvgIpc) is 1.88. The number of benzene rings is 3. The molecule has 446 valence electrons. The Morgan fingerprint density at radius 2 is 1.75 bits per heavy atom. The number of aryl methyl sites for hydroxylation is 1. The molecule has 7 aliphatic carbocycles. The molecular weight excluding hydrogens is 1050 g/mol. The van der Waals surface area contributed by atoms with Gasteiger partial charge in [0.2, 0.25) is 0 Å². The summed E-state index contributed by atoms with van der Waals surface area (Å²) in [7, 11) is 1.49. The smallest absolute Gasteiger partial charge is 0.160 e. The summed E-state index contributed by atoms with van der Waals surface area (Å²) in [4.78, 5) is 33.1. The van der Waals surface area contributed by atoms with E-state index in [0.29, 0.717) is 55.8 Å². The molecule has 14 nitrogen and oxygen atoms in total. The monoisotopic (exact) mass is 1140 g/mol. The Bertz CT molecular complexity index is 3350. The highest BCUT2D eigenvalue weighted by atomic mass is 16.5. The number of hydrogen-bond donors (Lipinski definition) is 11. The lowest BCUT2D eigenvalue weighted by molar-refractivity contribution is -0.144. The second-order valence-electron chi connectivity index (χ2n) is 27.2. The predicted octanol–water partition coefficient (Wildman–Crippen LogP) is 8.22. The molecule has 4 aromatic rings. The predicted molar refractivity (Wildman–Crippen MR) is 323 cm³/mol. The summed E-state index contributed by atoms with van der Waals surface area (Å²) in [5.41, 5.74) is 13.3. The van der Waals surface area contributed by atoms with Crippen molar-refractivity contribution in [1.29, 1.82) is 0 Å². The number of allylic oxidation sites excluding steroid dienone is 3. The second-order valence-corrected chi connectivity index (χ2v) is 27.2. The first-order valence-corrected chi connectivity index (χ1v) is 31.7. The molecule has 0 unspecified atom stereocenters. The van der Waals surface area contributed by atoms with Crippen LogP contribution in [0.15, 0.2) is 89.9 Å². The van der Waals surface area contributed by atoms with Crippen molar-refractivity contribution in [1.82, 2.24) is 20.9 Å². The summed E-state index contributed by atoms with van der Waals surface area (Å²) < 4.78 is 5.62. The SMILES string of the molecule is CCC1=C([C@H](C[C@H](O)[C@H](O)C[C@H]2C#C[C@@]3(CC[C@H]([C@H]4[C@H](CNC5(C)CCCC5)[C@H]5c6[nH]cc7c6[C@H]6[C@H]8[C@H]5[C@H](CN[C@@H]8CC(=O)[C@@H]6C=C7)[C@@H]4CCC(O)O)C[C@H]3O)C(=O)CCc3cc(OC)c(O)cc32)c2ccc3ccccc3c2)C=C(N)NC1. The lowest BCUT2D eigenvalue weighted by atomic mass is 9.41. The zero-order chi connectivity index (χ0) is 58.3. The van der Waals surface area contributed by atoms with Crippen LogP contribution < -0.4 is 26.4 Å². The number of carbonyl (C=O) groups excluding carboxylic acids is 2. The van der Waals surface area contributed by atoms with Crippen LogP contribution in [0.3, 0.4) is 0 Å². The Kier molecular flexibility index (Phi) is 15.6. The average molecular weight is 1140 g/mol.